The van der Waals surface area contributed by atoms with Crippen molar-refractivity contribution in [2.75, 3.05) is 19.7 Å². The minimum atomic E-state index is -3.76. The third-order valence-electron chi connectivity index (χ3n) is 3.42. The Morgan fingerprint density at radius 1 is 1.50 bits per heavy atom. The van der Waals surface area contributed by atoms with Gasteiger partial charge < -0.3 is 10.1 Å². The second-order valence-electron chi connectivity index (χ2n) is 5.02. The normalized spacial score (nSPS) is 19.6. The summed E-state index contributed by atoms with van der Waals surface area (Å²) in [5.41, 5.74) is 0. The lowest BCUT2D eigenvalue weighted by atomic mass is 10.1. The Morgan fingerprint density at radius 3 is 2.95 bits per heavy atom. The number of nitrogens with zero attached hydrogens (tertiary/aromatic N) is 1. The van der Waals surface area contributed by atoms with Crippen LogP contribution in [0.2, 0.25) is 0 Å². The minimum Gasteiger partial charge on any atom is -0.450 e. The summed E-state index contributed by atoms with van der Waals surface area (Å²) in [5, 5.41) is 2.64. The quantitative estimate of drug-likeness (QED) is 0.912. The zero-order valence-corrected chi connectivity index (χ0v) is 13.1. The molecule has 2 rings (SSSR count). The molecule has 0 aliphatic carbocycles. The molecule has 1 saturated heterocycles. The molecule has 1 N–H and O–H groups in total. The van der Waals surface area contributed by atoms with Crippen molar-refractivity contribution in [2.45, 2.75) is 30.7 Å². The monoisotopic (exact) mass is 330 g/mol. The standard InChI is InChI=1S/C14H19FN2O4S/c1-2-21-14(18)16-12-6-4-8-17(10-12)22(19,20)13-7-3-5-11(15)9-13/h3,5,7,9,12H,2,4,6,8,10H2,1H3,(H,16,18)/t12-/m0/s1. The van der Waals surface area contributed by atoms with Crippen LogP contribution < -0.4 is 5.32 Å². The number of alkyl carbamates (subject to hydrolysis) is 1. The summed E-state index contributed by atoms with van der Waals surface area (Å²) in [6.45, 7) is 2.45. The fourth-order valence-electron chi connectivity index (χ4n) is 2.39. The van der Waals surface area contributed by atoms with E-state index in [4.69, 9.17) is 4.74 Å². The van der Waals surface area contributed by atoms with Crippen LogP contribution in [0.25, 0.3) is 0 Å². The van der Waals surface area contributed by atoms with Gasteiger partial charge in [-0.05, 0) is 38.0 Å². The fraction of sp³-hybridized carbons (Fsp3) is 0.500. The summed E-state index contributed by atoms with van der Waals surface area (Å²) in [7, 11) is -3.76. The van der Waals surface area contributed by atoms with E-state index in [0.717, 1.165) is 6.07 Å². The Bertz CT molecular complexity index is 635. The lowest BCUT2D eigenvalue weighted by Gasteiger charge is -2.32. The van der Waals surface area contributed by atoms with Gasteiger partial charge in [0, 0.05) is 19.1 Å². The van der Waals surface area contributed by atoms with Gasteiger partial charge in [0.25, 0.3) is 0 Å². The topological polar surface area (TPSA) is 75.7 Å². The fourth-order valence-corrected chi connectivity index (χ4v) is 3.95. The second kappa shape index (κ2) is 7.06. The van der Waals surface area contributed by atoms with Gasteiger partial charge in [0.15, 0.2) is 0 Å². The summed E-state index contributed by atoms with van der Waals surface area (Å²) in [6, 6.07) is 4.61. The summed E-state index contributed by atoms with van der Waals surface area (Å²) >= 11 is 0. The molecule has 1 aromatic rings. The molecule has 1 amide bonds. The van der Waals surface area contributed by atoms with Gasteiger partial charge in [-0.2, -0.15) is 4.31 Å². The Kier molecular flexibility index (Phi) is 5.36. The molecule has 0 unspecified atom stereocenters. The number of carbonyl (C=O) groups is 1. The maximum Gasteiger partial charge on any atom is 0.407 e. The van der Waals surface area contributed by atoms with E-state index in [9.17, 15) is 17.6 Å². The van der Waals surface area contributed by atoms with Crippen LogP contribution in [0.1, 0.15) is 19.8 Å². The lowest BCUT2D eigenvalue weighted by Crippen LogP contribution is -2.49. The Balaban J connectivity index is 2.09. The largest absolute Gasteiger partial charge is 0.450 e. The highest BCUT2D eigenvalue weighted by Crippen LogP contribution is 2.21. The molecule has 0 saturated carbocycles. The van der Waals surface area contributed by atoms with Crippen LogP contribution in [-0.2, 0) is 14.8 Å². The number of benzene rings is 1. The molecular weight excluding hydrogens is 311 g/mol. The van der Waals surface area contributed by atoms with Crippen molar-refractivity contribution < 1.29 is 22.3 Å². The van der Waals surface area contributed by atoms with Crippen LogP contribution in [0.15, 0.2) is 29.2 Å². The first kappa shape index (κ1) is 16.7. The van der Waals surface area contributed by atoms with Crippen molar-refractivity contribution in [2.24, 2.45) is 0 Å². The number of piperidine rings is 1. The van der Waals surface area contributed by atoms with Gasteiger partial charge in [0.1, 0.15) is 5.82 Å². The SMILES string of the molecule is CCOC(=O)N[C@H]1CCCN(S(=O)(=O)c2cccc(F)c2)C1. The van der Waals surface area contributed by atoms with Gasteiger partial charge in [-0.25, -0.2) is 17.6 Å². The third kappa shape index (κ3) is 3.95. The molecule has 1 aliphatic rings. The highest BCUT2D eigenvalue weighted by molar-refractivity contribution is 7.89. The molecule has 1 fully saturated rings. The third-order valence-corrected chi connectivity index (χ3v) is 5.28. The average molecular weight is 330 g/mol. The molecule has 8 heteroatoms. The maximum atomic E-state index is 13.2. The molecule has 1 heterocycles. The van der Waals surface area contributed by atoms with E-state index in [0.29, 0.717) is 19.4 Å². The lowest BCUT2D eigenvalue weighted by molar-refractivity contribution is 0.142. The predicted octanol–water partition coefficient (Wildman–Crippen LogP) is 1.72. The summed E-state index contributed by atoms with van der Waals surface area (Å²) < 4.78 is 44.3. The number of rotatable bonds is 4. The summed E-state index contributed by atoms with van der Waals surface area (Å²) in [4.78, 5) is 11.4. The van der Waals surface area contributed by atoms with Crippen molar-refractivity contribution in [1.29, 1.82) is 0 Å². The van der Waals surface area contributed by atoms with Crippen molar-refractivity contribution in [3.63, 3.8) is 0 Å². The van der Waals surface area contributed by atoms with Crippen LogP contribution >= 0.6 is 0 Å². The number of hydrogen-bond donors (Lipinski definition) is 1. The molecule has 1 atom stereocenters. The smallest absolute Gasteiger partial charge is 0.407 e. The first-order valence-corrected chi connectivity index (χ1v) is 8.56. The molecule has 1 aliphatic heterocycles. The van der Waals surface area contributed by atoms with Crippen LogP contribution in [0.3, 0.4) is 0 Å². The van der Waals surface area contributed by atoms with E-state index in [1.165, 1.54) is 22.5 Å². The van der Waals surface area contributed by atoms with Gasteiger partial charge in [0.2, 0.25) is 10.0 Å². The highest BCUT2D eigenvalue weighted by atomic mass is 32.2. The first-order valence-electron chi connectivity index (χ1n) is 7.12. The number of sulfonamides is 1. The second-order valence-corrected chi connectivity index (χ2v) is 6.96. The van der Waals surface area contributed by atoms with E-state index >= 15 is 0 Å². The number of nitrogens with one attached hydrogen (secondary N) is 1. The Morgan fingerprint density at radius 2 is 2.27 bits per heavy atom. The minimum absolute atomic E-state index is 0.0794. The highest BCUT2D eigenvalue weighted by Gasteiger charge is 2.31. The van der Waals surface area contributed by atoms with Crippen LogP contribution in [0, 0.1) is 5.82 Å². The van der Waals surface area contributed by atoms with Gasteiger partial charge in [0.05, 0.1) is 11.5 Å². The van der Waals surface area contributed by atoms with E-state index < -0.39 is 21.9 Å². The van der Waals surface area contributed by atoms with E-state index in [1.54, 1.807) is 6.92 Å². The molecule has 0 bridgehead atoms. The maximum absolute atomic E-state index is 13.2. The summed E-state index contributed by atoms with van der Waals surface area (Å²) in [6.07, 6.45) is 0.733. The zero-order valence-electron chi connectivity index (χ0n) is 12.3. The first-order chi connectivity index (χ1) is 10.4. The van der Waals surface area contributed by atoms with Gasteiger partial charge in [-0.3, -0.25) is 0 Å². The predicted molar refractivity (Wildman–Crippen MR) is 78.3 cm³/mol. The van der Waals surface area contributed by atoms with Crippen molar-refractivity contribution in [3.05, 3.63) is 30.1 Å². The van der Waals surface area contributed by atoms with Crippen LogP contribution in [-0.4, -0.2) is 44.6 Å². The van der Waals surface area contributed by atoms with Crippen molar-refractivity contribution in [1.82, 2.24) is 9.62 Å². The molecule has 1 aromatic carbocycles. The van der Waals surface area contributed by atoms with Crippen molar-refractivity contribution in [3.8, 4) is 0 Å². The number of carbonyl (C=O) groups excluding carboxylic acids is 1. The van der Waals surface area contributed by atoms with Crippen LogP contribution in [0.4, 0.5) is 9.18 Å². The average Bonchev–Trinajstić information content (AvgIpc) is 2.47. The van der Waals surface area contributed by atoms with Gasteiger partial charge >= 0.3 is 6.09 Å². The molecule has 0 radical (unpaired) electrons. The molecular formula is C14H19FN2O4S. The van der Waals surface area contributed by atoms with Gasteiger partial charge in [-0.15, -0.1) is 0 Å². The van der Waals surface area contributed by atoms with Crippen molar-refractivity contribution >= 4 is 16.1 Å². The molecule has 122 valence electrons. The Labute approximate surface area is 129 Å². The number of ether oxygens (including phenoxy) is 1. The van der Waals surface area contributed by atoms with Crippen LogP contribution in [0.5, 0.6) is 0 Å². The van der Waals surface area contributed by atoms with E-state index in [-0.39, 0.29) is 24.1 Å². The number of hydrogen-bond acceptors (Lipinski definition) is 4. The molecule has 22 heavy (non-hydrogen) atoms. The molecule has 0 spiro atoms. The number of amides is 1. The molecule has 6 nitrogen and oxygen atoms in total. The van der Waals surface area contributed by atoms with Gasteiger partial charge in [-0.1, -0.05) is 6.07 Å². The number of halogens is 1. The van der Waals surface area contributed by atoms with E-state index in [1.807, 2.05) is 0 Å². The van der Waals surface area contributed by atoms with E-state index in [2.05, 4.69) is 5.32 Å². The molecule has 0 aromatic heterocycles. The summed E-state index contributed by atoms with van der Waals surface area (Å²) in [5.74, 6) is -0.598. The zero-order chi connectivity index (χ0) is 16.2. The Hall–Kier alpha value is -1.67.